The maximum absolute atomic E-state index is 13.0. The summed E-state index contributed by atoms with van der Waals surface area (Å²) in [5.74, 6) is 0.395. The van der Waals surface area contributed by atoms with E-state index in [1.54, 1.807) is 12.1 Å². The van der Waals surface area contributed by atoms with Crippen molar-refractivity contribution >= 4 is 39.3 Å². The lowest BCUT2D eigenvalue weighted by molar-refractivity contribution is -0.116. The number of carbonyl (C=O) groups excluding carboxylic acids is 2. The predicted octanol–water partition coefficient (Wildman–Crippen LogP) is 5.74. The maximum Gasteiger partial charge on any atom is 0.411 e. The number of anilines is 2. The van der Waals surface area contributed by atoms with Crippen LogP contribution in [0, 0.1) is 0 Å². The van der Waals surface area contributed by atoms with E-state index < -0.39 is 6.09 Å². The van der Waals surface area contributed by atoms with Crippen LogP contribution < -0.4 is 15.4 Å². The topological polar surface area (TPSA) is 113 Å². The number of hydrogen-bond donors (Lipinski definition) is 3. The lowest BCUT2D eigenvalue weighted by Crippen LogP contribution is -2.48. The van der Waals surface area contributed by atoms with Crippen LogP contribution in [0.3, 0.4) is 0 Å². The summed E-state index contributed by atoms with van der Waals surface area (Å²) in [6.45, 7) is -0.160. The van der Waals surface area contributed by atoms with Crippen LogP contribution in [-0.4, -0.2) is 66.6 Å². The number of aliphatic hydroxyl groups excluding tert-OH is 1. The molecule has 3 N–H and O–H groups in total. The fraction of sp³-hybridized carbons (Fsp3) is 0.394. The first-order chi connectivity index (χ1) is 20.8. The zero-order valence-corrected chi connectivity index (χ0v) is 25.8. The summed E-state index contributed by atoms with van der Waals surface area (Å²) < 4.78 is 17.7. The molecule has 3 aromatic carbocycles. The van der Waals surface area contributed by atoms with Gasteiger partial charge >= 0.3 is 6.09 Å². The molecule has 0 radical (unpaired) electrons. The van der Waals surface area contributed by atoms with Gasteiger partial charge in [0.05, 0.1) is 25.1 Å². The van der Waals surface area contributed by atoms with Crippen LogP contribution in [0.15, 0.2) is 65.1 Å². The van der Waals surface area contributed by atoms with E-state index in [9.17, 15) is 14.7 Å². The molecule has 4 unspecified atom stereocenters. The van der Waals surface area contributed by atoms with Crippen LogP contribution in [0.5, 0.6) is 5.75 Å². The summed E-state index contributed by atoms with van der Waals surface area (Å²) in [5, 5.41) is 15.4. The second kappa shape index (κ2) is 12.7. The second-order valence-electron chi connectivity index (χ2n) is 11.4. The van der Waals surface area contributed by atoms with Gasteiger partial charge in [0.2, 0.25) is 5.91 Å². The third-order valence-corrected chi connectivity index (χ3v) is 9.39. The molecule has 3 fully saturated rings. The number of piperidine rings is 1. The van der Waals surface area contributed by atoms with Gasteiger partial charge in [0.15, 0.2) is 0 Å². The number of halogens is 1. The van der Waals surface area contributed by atoms with Crippen molar-refractivity contribution in [2.45, 2.75) is 69.1 Å². The van der Waals surface area contributed by atoms with Gasteiger partial charge < -0.3 is 24.6 Å². The van der Waals surface area contributed by atoms with Crippen LogP contribution in [0.25, 0.3) is 11.1 Å². The number of rotatable bonds is 10. The number of aryl methyl sites for hydroxylation is 1. The van der Waals surface area contributed by atoms with E-state index >= 15 is 0 Å². The minimum Gasteiger partial charge on any atom is -0.496 e. The van der Waals surface area contributed by atoms with E-state index in [0.717, 1.165) is 29.5 Å². The molecule has 2 amide bonds. The summed E-state index contributed by atoms with van der Waals surface area (Å²) in [7, 11) is 3.66. The first kappa shape index (κ1) is 29.6. The molecule has 3 aliphatic rings. The number of nitrogens with zero attached hydrogens (tertiary/aromatic N) is 1. The fourth-order valence-corrected chi connectivity index (χ4v) is 6.96. The molecule has 3 heterocycles. The zero-order chi connectivity index (χ0) is 30.1. The van der Waals surface area contributed by atoms with Crippen molar-refractivity contribution in [2.75, 3.05) is 24.8 Å². The van der Waals surface area contributed by atoms with Crippen LogP contribution in [0.4, 0.5) is 16.2 Å². The lowest BCUT2D eigenvalue weighted by atomic mass is 9.98. The highest BCUT2D eigenvalue weighted by atomic mass is 79.9. The summed E-state index contributed by atoms with van der Waals surface area (Å²) in [6.07, 6.45) is 3.25. The molecule has 0 saturated carbocycles. The number of aliphatic hydroxyl groups is 1. The van der Waals surface area contributed by atoms with E-state index in [0.29, 0.717) is 70.7 Å². The van der Waals surface area contributed by atoms with E-state index in [1.165, 1.54) is 7.11 Å². The first-order valence-electron chi connectivity index (χ1n) is 14.6. The third kappa shape index (κ3) is 6.43. The standard InChI is InChI=1S/C33H36BrN3O6/c1-37-27-15-22(16-28(37)32-31(27)43-32)42-33(40)36-25-12-11-19(13-23(25)20-8-4-3-5-9-20)7-6-10-30(39)35-26-17-29(41-2)21(18-38)14-24(26)34/h3-5,8-9,11-14,17,22,27-28,31-32,38H,6-7,10,15-16,18H2,1-2H3,(H,35,39)(H,36,40). The number of benzene rings is 3. The average Bonchev–Trinajstić information content (AvgIpc) is 3.77. The molecule has 6 rings (SSSR count). The molecule has 226 valence electrons. The Hall–Kier alpha value is -3.44. The normalized spacial score (nSPS) is 23.8. The molecular weight excluding hydrogens is 614 g/mol. The number of nitrogens with one attached hydrogen (secondary N) is 2. The average molecular weight is 651 g/mol. The van der Waals surface area contributed by atoms with Gasteiger partial charge in [-0.25, -0.2) is 4.79 Å². The van der Waals surface area contributed by atoms with Gasteiger partial charge in [-0.3, -0.25) is 15.0 Å². The van der Waals surface area contributed by atoms with Crippen molar-refractivity contribution < 1.29 is 28.9 Å². The SMILES string of the molecule is COc1cc(NC(=O)CCCc2ccc(NC(=O)OC3CC4C5OC5C(C3)N4C)c(-c3ccccc3)c2)c(Br)cc1CO. The van der Waals surface area contributed by atoms with Crippen LogP contribution in [0.1, 0.15) is 36.8 Å². The summed E-state index contributed by atoms with van der Waals surface area (Å²) in [5.41, 5.74) is 4.85. The highest BCUT2D eigenvalue weighted by Crippen LogP contribution is 2.48. The second-order valence-corrected chi connectivity index (χ2v) is 12.3. The Morgan fingerprint density at radius 3 is 2.47 bits per heavy atom. The third-order valence-electron chi connectivity index (χ3n) is 8.74. The van der Waals surface area contributed by atoms with Gasteiger partial charge in [-0.1, -0.05) is 36.4 Å². The monoisotopic (exact) mass is 649 g/mol. The Labute approximate surface area is 259 Å². The molecule has 3 aliphatic heterocycles. The quantitative estimate of drug-likeness (QED) is 0.240. The van der Waals surface area contributed by atoms with Crippen LogP contribution in [-0.2, 0) is 27.3 Å². The smallest absolute Gasteiger partial charge is 0.411 e. The van der Waals surface area contributed by atoms with Gasteiger partial charge in [0, 0.05) is 53.0 Å². The summed E-state index contributed by atoms with van der Waals surface area (Å²) in [4.78, 5) is 28.1. The van der Waals surface area contributed by atoms with E-state index in [1.807, 2.05) is 42.5 Å². The van der Waals surface area contributed by atoms with Crippen LogP contribution in [0.2, 0.25) is 0 Å². The zero-order valence-electron chi connectivity index (χ0n) is 24.2. The first-order valence-corrected chi connectivity index (χ1v) is 15.4. The number of amides is 2. The molecule has 3 aromatic rings. The van der Waals surface area contributed by atoms with Crippen molar-refractivity contribution in [1.29, 1.82) is 0 Å². The van der Waals surface area contributed by atoms with Crippen molar-refractivity contribution in [2.24, 2.45) is 0 Å². The van der Waals surface area contributed by atoms with Crippen molar-refractivity contribution in [3.8, 4) is 16.9 Å². The number of carbonyl (C=O) groups is 2. The minimum absolute atomic E-state index is 0.116. The van der Waals surface area contributed by atoms with Gasteiger partial charge in [0.25, 0.3) is 0 Å². The van der Waals surface area contributed by atoms with E-state index in [4.69, 9.17) is 14.2 Å². The molecule has 9 nitrogen and oxygen atoms in total. The Bertz CT molecular complexity index is 1480. The Morgan fingerprint density at radius 2 is 1.77 bits per heavy atom. The molecular formula is C33H36BrN3O6. The number of morpholine rings is 1. The maximum atomic E-state index is 13.0. The number of hydrogen-bond acceptors (Lipinski definition) is 7. The van der Waals surface area contributed by atoms with E-state index in [-0.39, 0.29) is 18.6 Å². The molecule has 0 spiro atoms. The Kier molecular flexibility index (Phi) is 8.72. The van der Waals surface area contributed by atoms with Crippen molar-refractivity contribution in [3.63, 3.8) is 0 Å². The highest BCUT2D eigenvalue weighted by molar-refractivity contribution is 9.10. The van der Waals surface area contributed by atoms with Gasteiger partial charge in [-0.05, 0) is 65.1 Å². The van der Waals surface area contributed by atoms with Crippen LogP contribution >= 0.6 is 15.9 Å². The largest absolute Gasteiger partial charge is 0.496 e. The highest BCUT2D eigenvalue weighted by Gasteiger charge is 2.62. The number of ether oxygens (including phenoxy) is 3. The number of epoxide rings is 1. The van der Waals surface area contributed by atoms with Gasteiger partial charge in [-0.15, -0.1) is 0 Å². The van der Waals surface area contributed by atoms with Gasteiger partial charge in [-0.2, -0.15) is 0 Å². The van der Waals surface area contributed by atoms with Gasteiger partial charge in [0.1, 0.15) is 24.1 Å². The summed E-state index contributed by atoms with van der Waals surface area (Å²) >= 11 is 3.45. The molecule has 2 bridgehead atoms. The molecule has 0 aliphatic carbocycles. The number of fused-ring (bicyclic) bond motifs is 5. The molecule has 3 saturated heterocycles. The molecule has 0 aromatic heterocycles. The Morgan fingerprint density at radius 1 is 1.02 bits per heavy atom. The molecule has 4 atom stereocenters. The lowest BCUT2D eigenvalue weighted by Gasteiger charge is -2.37. The van der Waals surface area contributed by atoms with E-state index in [2.05, 4.69) is 44.6 Å². The van der Waals surface area contributed by atoms with Crippen molar-refractivity contribution in [3.05, 3.63) is 76.3 Å². The fourth-order valence-electron chi connectivity index (χ4n) is 6.47. The summed E-state index contributed by atoms with van der Waals surface area (Å²) in [6, 6.07) is 20.0. The predicted molar refractivity (Wildman–Crippen MR) is 167 cm³/mol. The number of methoxy groups -OCH3 is 1. The number of likely N-dealkylation sites (N-methyl/N-ethyl adjacent to an activating group) is 1. The Balaban J connectivity index is 1.07. The molecule has 10 heteroatoms. The minimum atomic E-state index is -0.444. The van der Waals surface area contributed by atoms with Crippen molar-refractivity contribution in [1.82, 2.24) is 4.90 Å². The molecule has 43 heavy (non-hydrogen) atoms.